The molecule has 0 N–H and O–H groups in total. The lowest BCUT2D eigenvalue weighted by Gasteiger charge is -2.11. The molecule has 0 aromatic heterocycles. The van der Waals surface area contributed by atoms with E-state index in [1.54, 1.807) is 0 Å². The van der Waals surface area contributed by atoms with E-state index in [1.807, 2.05) is 0 Å². The summed E-state index contributed by atoms with van der Waals surface area (Å²) >= 11 is 0. The quantitative estimate of drug-likeness (QED) is 0.479. The highest BCUT2D eigenvalue weighted by molar-refractivity contribution is 5.89. The predicted octanol–water partition coefficient (Wildman–Crippen LogP) is 2.56. The number of halogens is 3. The van der Waals surface area contributed by atoms with E-state index in [0.717, 1.165) is 25.1 Å². The molecule has 0 heterocycles. The maximum atomic E-state index is 12.2. The first-order valence-corrected chi connectivity index (χ1v) is 5.99. The Hall–Kier alpha value is -2.84. The topological polar surface area (TPSA) is 78.9 Å². The van der Waals surface area contributed by atoms with Gasteiger partial charge in [0.15, 0.2) is 0 Å². The van der Waals surface area contributed by atoms with Crippen LogP contribution in [0.2, 0.25) is 0 Å². The highest BCUT2D eigenvalue weighted by Crippen LogP contribution is 2.30. The summed E-state index contributed by atoms with van der Waals surface area (Å²) in [5.74, 6) is -5.29. The van der Waals surface area contributed by atoms with Gasteiger partial charge in [-0.2, -0.15) is 13.2 Å². The van der Waals surface area contributed by atoms with Crippen molar-refractivity contribution >= 4 is 17.9 Å². The zero-order valence-electron chi connectivity index (χ0n) is 12.0. The molecule has 0 spiro atoms. The molecule has 0 aliphatic heterocycles. The molecule has 0 fully saturated rings. The van der Waals surface area contributed by atoms with Crippen LogP contribution in [0.4, 0.5) is 13.2 Å². The van der Waals surface area contributed by atoms with Gasteiger partial charge in [-0.05, 0) is 6.92 Å². The van der Waals surface area contributed by atoms with Crippen molar-refractivity contribution in [2.24, 2.45) is 0 Å². The molecule has 23 heavy (non-hydrogen) atoms. The monoisotopic (exact) mass is 332 g/mol. The van der Waals surface area contributed by atoms with Crippen LogP contribution in [0.5, 0.6) is 17.2 Å². The molecule has 0 radical (unpaired) electrons. The van der Waals surface area contributed by atoms with Crippen LogP contribution >= 0.6 is 0 Å². The highest BCUT2D eigenvalue weighted by atomic mass is 19.4. The third kappa shape index (κ3) is 5.81. The van der Waals surface area contributed by atoms with Gasteiger partial charge in [0.25, 0.3) is 0 Å². The Bertz CT molecular complexity index is 663. The summed E-state index contributed by atoms with van der Waals surface area (Å²) in [6.45, 7) is 5.73. The van der Waals surface area contributed by atoms with Gasteiger partial charge in [-0.15, -0.1) is 0 Å². The van der Waals surface area contributed by atoms with E-state index in [2.05, 4.69) is 16.1 Å². The highest BCUT2D eigenvalue weighted by Gasteiger charge is 2.41. The van der Waals surface area contributed by atoms with Crippen molar-refractivity contribution in [1.29, 1.82) is 0 Å². The zero-order chi connectivity index (χ0) is 17.8. The summed E-state index contributed by atoms with van der Waals surface area (Å²) in [7, 11) is 0. The van der Waals surface area contributed by atoms with Crippen LogP contribution < -0.4 is 14.2 Å². The summed E-state index contributed by atoms with van der Waals surface area (Å²) < 4.78 is 50.2. The molecule has 0 bridgehead atoms. The number of ether oxygens (including phenoxy) is 3. The molecule has 1 rings (SSSR count). The normalized spacial score (nSPS) is 10.7. The summed E-state index contributed by atoms with van der Waals surface area (Å²) in [6, 6.07) is 2.79. The Morgan fingerprint density at radius 3 is 1.74 bits per heavy atom. The first kappa shape index (κ1) is 18.2. The lowest BCUT2D eigenvalue weighted by atomic mass is 10.3. The lowest BCUT2D eigenvalue weighted by molar-refractivity contribution is -0.189. The maximum Gasteiger partial charge on any atom is 0.491 e. The molecule has 0 atom stereocenters. The zero-order valence-corrected chi connectivity index (χ0v) is 12.0. The van der Waals surface area contributed by atoms with Crippen molar-refractivity contribution < 1.29 is 41.8 Å². The molecule has 0 saturated carbocycles. The minimum Gasteiger partial charge on any atom is -0.426 e. The molecule has 1 aromatic carbocycles. The predicted molar refractivity (Wildman–Crippen MR) is 69.9 cm³/mol. The van der Waals surface area contributed by atoms with Gasteiger partial charge in [0.1, 0.15) is 17.2 Å². The summed E-state index contributed by atoms with van der Waals surface area (Å²) in [5, 5.41) is 0. The fraction of sp³-hybridized carbons (Fsp3) is 0.214. The van der Waals surface area contributed by atoms with E-state index in [1.165, 1.54) is 6.92 Å². The second-order valence-corrected chi connectivity index (χ2v) is 4.29. The number of hydrogen-bond donors (Lipinski definition) is 0. The Labute approximate surface area is 128 Å². The summed E-state index contributed by atoms with van der Waals surface area (Å²) in [6.07, 6.45) is -5.22. The van der Waals surface area contributed by atoms with E-state index < -0.39 is 29.8 Å². The van der Waals surface area contributed by atoms with Crippen LogP contribution in [0, 0.1) is 0 Å². The fourth-order valence-corrected chi connectivity index (χ4v) is 1.25. The second kappa shape index (κ2) is 6.95. The number of rotatable bonds is 4. The van der Waals surface area contributed by atoms with E-state index >= 15 is 0 Å². The van der Waals surface area contributed by atoms with E-state index in [-0.39, 0.29) is 17.1 Å². The molecule has 1 aromatic rings. The fourth-order valence-electron chi connectivity index (χ4n) is 1.25. The first-order valence-electron chi connectivity index (χ1n) is 5.99. The first-order chi connectivity index (χ1) is 10.5. The molecule has 0 saturated heterocycles. The molecule has 0 aliphatic carbocycles. The summed E-state index contributed by atoms with van der Waals surface area (Å²) in [5.41, 5.74) is 0.0247. The van der Waals surface area contributed by atoms with Crippen LogP contribution in [0.25, 0.3) is 0 Å². The van der Waals surface area contributed by atoms with Gasteiger partial charge >= 0.3 is 24.1 Å². The van der Waals surface area contributed by atoms with Gasteiger partial charge in [-0.25, -0.2) is 9.59 Å². The lowest BCUT2D eigenvalue weighted by Crippen LogP contribution is -2.28. The average Bonchev–Trinajstić information content (AvgIpc) is 2.35. The van der Waals surface area contributed by atoms with Crippen molar-refractivity contribution in [2.75, 3.05) is 0 Å². The average molecular weight is 332 g/mol. The van der Waals surface area contributed by atoms with Crippen molar-refractivity contribution in [3.63, 3.8) is 0 Å². The van der Waals surface area contributed by atoms with Crippen molar-refractivity contribution in [1.82, 2.24) is 0 Å². The molecule has 6 nitrogen and oxygen atoms in total. The third-order valence-electron chi connectivity index (χ3n) is 2.12. The standard InChI is InChI=1S/C14H11F3O6/c1-7(2)12(19)22-10-4-9(21-8(3)18)5-11(6-10)23-13(20)14(15,16)17/h4-6H,1H2,2-3H3. The maximum absolute atomic E-state index is 12.2. The Morgan fingerprint density at radius 2 is 1.35 bits per heavy atom. The Balaban J connectivity index is 3.13. The number of carbonyl (C=O) groups is 3. The Kier molecular flexibility index (Phi) is 5.50. The smallest absolute Gasteiger partial charge is 0.426 e. The van der Waals surface area contributed by atoms with Gasteiger partial charge in [0, 0.05) is 30.7 Å². The third-order valence-corrected chi connectivity index (χ3v) is 2.12. The van der Waals surface area contributed by atoms with Crippen molar-refractivity contribution in [3.8, 4) is 17.2 Å². The van der Waals surface area contributed by atoms with Crippen molar-refractivity contribution in [3.05, 3.63) is 30.4 Å². The molecule has 9 heteroatoms. The number of carbonyl (C=O) groups excluding carboxylic acids is 3. The number of hydrogen-bond acceptors (Lipinski definition) is 6. The molecule has 124 valence electrons. The van der Waals surface area contributed by atoms with Crippen LogP contribution in [0.15, 0.2) is 30.4 Å². The largest absolute Gasteiger partial charge is 0.491 e. The van der Waals surface area contributed by atoms with Gasteiger partial charge < -0.3 is 14.2 Å². The molecule has 0 amide bonds. The van der Waals surface area contributed by atoms with Crippen molar-refractivity contribution in [2.45, 2.75) is 20.0 Å². The molecular formula is C14H11F3O6. The van der Waals surface area contributed by atoms with Crippen LogP contribution in [-0.4, -0.2) is 24.1 Å². The van der Waals surface area contributed by atoms with Crippen LogP contribution in [-0.2, 0) is 14.4 Å². The number of alkyl halides is 3. The van der Waals surface area contributed by atoms with E-state index in [4.69, 9.17) is 4.74 Å². The van der Waals surface area contributed by atoms with Crippen LogP contribution in [0.1, 0.15) is 13.8 Å². The number of benzene rings is 1. The minimum atomic E-state index is -5.22. The van der Waals surface area contributed by atoms with Crippen LogP contribution in [0.3, 0.4) is 0 Å². The molecular weight excluding hydrogens is 321 g/mol. The van der Waals surface area contributed by atoms with Gasteiger partial charge in [-0.1, -0.05) is 6.58 Å². The molecule has 0 unspecified atom stereocenters. The van der Waals surface area contributed by atoms with Gasteiger partial charge in [-0.3, -0.25) is 4.79 Å². The Morgan fingerprint density at radius 1 is 0.913 bits per heavy atom. The van der Waals surface area contributed by atoms with Gasteiger partial charge in [0.2, 0.25) is 0 Å². The second-order valence-electron chi connectivity index (χ2n) is 4.29. The summed E-state index contributed by atoms with van der Waals surface area (Å²) in [4.78, 5) is 33.2. The van der Waals surface area contributed by atoms with E-state index in [0.29, 0.717) is 0 Å². The minimum absolute atomic E-state index is 0.0247. The SMILES string of the molecule is C=C(C)C(=O)Oc1cc(OC(C)=O)cc(OC(=O)C(F)(F)F)c1. The van der Waals surface area contributed by atoms with E-state index in [9.17, 15) is 27.6 Å². The van der Waals surface area contributed by atoms with Gasteiger partial charge in [0.05, 0.1) is 0 Å². The number of esters is 3. The molecule has 0 aliphatic rings.